The highest BCUT2D eigenvalue weighted by Crippen LogP contribution is 2.32. The maximum atomic E-state index is 13.3. The first-order valence-corrected chi connectivity index (χ1v) is 22.0. The van der Waals surface area contributed by atoms with Gasteiger partial charge in [0.25, 0.3) is 0 Å². The number of aromatic hydroxyl groups is 1. The van der Waals surface area contributed by atoms with Crippen LogP contribution in [0.15, 0.2) is 108 Å². The highest BCUT2D eigenvalue weighted by molar-refractivity contribution is 5.89. The third-order valence-electron chi connectivity index (χ3n) is 12.3. The third kappa shape index (κ3) is 11.6. The van der Waals surface area contributed by atoms with Crippen LogP contribution in [0.5, 0.6) is 11.5 Å². The van der Waals surface area contributed by atoms with Gasteiger partial charge in [-0.2, -0.15) is 0 Å². The summed E-state index contributed by atoms with van der Waals surface area (Å²) >= 11 is 0. The van der Waals surface area contributed by atoms with E-state index in [1.54, 1.807) is 24.3 Å². The zero-order valence-corrected chi connectivity index (χ0v) is 36.0. The van der Waals surface area contributed by atoms with Crippen LogP contribution in [0.4, 0.5) is 4.79 Å². The summed E-state index contributed by atoms with van der Waals surface area (Å²) in [5.74, 6) is 0.928. The molecule has 3 aliphatic heterocycles. The number of nitrogens with one attached hydrogen (secondary N) is 3. The summed E-state index contributed by atoms with van der Waals surface area (Å²) in [6.07, 6.45) is 4.22. The lowest BCUT2D eigenvalue weighted by molar-refractivity contribution is -0.0336. The van der Waals surface area contributed by atoms with Crippen molar-refractivity contribution in [3.63, 3.8) is 0 Å². The molecule has 1 aromatic heterocycles. The first-order valence-electron chi connectivity index (χ1n) is 22.0. The van der Waals surface area contributed by atoms with Gasteiger partial charge >= 0.3 is 12.1 Å². The second-order valence-corrected chi connectivity index (χ2v) is 17.5. The topological polar surface area (TPSA) is 162 Å². The zero-order chi connectivity index (χ0) is 43.6. The van der Waals surface area contributed by atoms with Crippen LogP contribution in [-0.2, 0) is 16.1 Å². The number of H-pyrrole nitrogens is 1. The number of phenols is 1. The van der Waals surface area contributed by atoms with Crippen molar-refractivity contribution in [2.75, 3.05) is 32.8 Å². The average Bonchev–Trinajstić information content (AvgIpc) is 3.28. The molecule has 0 spiro atoms. The number of β-amino-alcohol motifs (C(OH)–C–C–N with tert-alkyl or cyclic N) is 1. The number of amides is 1. The molecule has 0 radical (unpaired) electrons. The molecule has 8 rings (SSSR count). The van der Waals surface area contributed by atoms with Crippen LogP contribution in [0, 0.1) is 11.8 Å². The van der Waals surface area contributed by atoms with E-state index in [1.165, 1.54) is 12.1 Å². The number of aliphatic hydroxyl groups excluding tert-OH is 1. The Morgan fingerprint density at radius 3 is 2.40 bits per heavy atom. The van der Waals surface area contributed by atoms with Gasteiger partial charge in [-0.3, -0.25) is 9.69 Å². The summed E-state index contributed by atoms with van der Waals surface area (Å²) in [6, 6.07) is 30.5. The van der Waals surface area contributed by atoms with Gasteiger partial charge in [0.15, 0.2) is 0 Å². The SMILES string of the molecule is CCCC(CCOC(=O)c1ccc(COc2cccc(C(NC(=O)OC3CN4CCC3CC4)c3ccccc3)c2)cc1)CC(C)(C)NCC(O)c1ccc(O)c2[nH]c(=O)ccc12. The maximum Gasteiger partial charge on any atom is 0.408 e. The van der Waals surface area contributed by atoms with E-state index < -0.39 is 18.2 Å². The number of carbonyl (C=O) groups is 2. The number of hydrogen-bond donors (Lipinski definition) is 5. The molecule has 0 saturated carbocycles. The van der Waals surface area contributed by atoms with E-state index in [4.69, 9.17) is 14.2 Å². The fourth-order valence-corrected chi connectivity index (χ4v) is 9.01. The Morgan fingerprint density at radius 2 is 1.68 bits per heavy atom. The Morgan fingerprint density at radius 1 is 0.919 bits per heavy atom. The van der Waals surface area contributed by atoms with E-state index >= 15 is 0 Å². The van der Waals surface area contributed by atoms with Gasteiger partial charge in [0.2, 0.25) is 5.56 Å². The van der Waals surface area contributed by atoms with Crippen LogP contribution < -0.4 is 20.9 Å². The number of aliphatic hydroxyl groups is 1. The summed E-state index contributed by atoms with van der Waals surface area (Å²) in [4.78, 5) is 43.2. The van der Waals surface area contributed by atoms with Gasteiger partial charge in [0.1, 0.15) is 24.2 Å². The summed E-state index contributed by atoms with van der Waals surface area (Å²) < 4.78 is 17.9. The largest absolute Gasteiger partial charge is 0.506 e. The lowest BCUT2D eigenvalue weighted by Crippen LogP contribution is -2.52. The van der Waals surface area contributed by atoms with Gasteiger partial charge in [-0.25, -0.2) is 9.59 Å². The number of alkyl carbamates (subject to hydrolysis) is 1. The van der Waals surface area contributed by atoms with Crippen LogP contribution in [0.3, 0.4) is 0 Å². The van der Waals surface area contributed by atoms with Crippen molar-refractivity contribution in [1.82, 2.24) is 20.5 Å². The molecule has 4 heterocycles. The van der Waals surface area contributed by atoms with E-state index in [9.17, 15) is 24.6 Å². The molecule has 4 atom stereocenters. The number of benzene rings is 4. The molecule has 3 fully saturated rings. The molecule has 0 aliphatic carbocycles. The number of rotatable bonds is 19. The molecule has 2 bridgehead atoms. The van der Waals surface area contributed by atoms with Gasteiger partial charge in [-0.05, 0) is 123 Å². The highest BCUT2D eigenvalue weighted by Gasteiger charge is 2.37. The number of aromatic amines is 1. The highest BCUT2D eigenvalue weighted by atomic mass is 16.6. The zero-order valence-electron chi connectivity index (χ0n) is 36.0. The lowest BCUT2D eigenvalue weighted by Gasteiger charge is -2.43. The smallest absolute Gasteiger partial charge is 0.408 e. The fraction of sp³-hybridized carbons (Fsp3) is 0.420. The predicted octanol–water partition coefficient (Wildman–Crippen LogP) is 8.18. The van der Waals surface area contributed by atoms with Gasteiger partial charge in [-0.1, -0.05) is 80.4 Å². The number of aromatic nitrogens is 1. The van der Waals surface area contributed by atoms with E-state index in [-0.39, 0.29) is 54.6 Å². The summed E-state index contributed by atoms with van der Waals surface area (Å²) in [6.45, 7) is 10.1. The molecule has 3 saturated heterocycles. The van der Waals surface area contributed by atoms with E-state index in [0.29, 0.717) is 40.1 Å². The molecule has 4 unspecified atom stereocenters. The first kappa shape index (κ1) is 44.4. The molecular weight excluding hydrogens is 785 g/mol. The summed E-state index contributed by atoms with van der Waals surface area (Å²) in [5, 5.41) is 28.6. The molecule has 62 heavy (non-hydrogen) atoms. The number of piperidine rings is 3. The van der Waals surface area contributed by atoms with Crippen molar-refractivity contribution in [3.05, 3.63) is 141 Å². The van der Waals surface area contributed by atoms with Crippen molar-refractivity contribution in [2.45, 2.75) is 89.7 Å². The first-order chi connectivity index (χ1) is 29.9. The number of carbonyl (C=O) groups excluding carboxylic acids is 2. The minimum atomic E-state index is -0.864. The third-order valence-corrected chi connectivity index (χ3v) is 12.3. The number of hydrogen-bond acceptors (Lipinski definition) is 10. The van der Waals surface area contributed by atoms with Crippen molar-refractivity contribution >= 4 is 23.0 Å². The van der Waals surface area contributed by atoms with Gasteiger partial charge < -0.3 is 40.0 Å². The van der Waals surface area contributed by atoms with Gasteiger partial charge in [0, 0.05) is 30.1 Å². The predicted molar refractivity (Wildman–Crippen MR) is 239 cm³/mol. The van der Waals surface area contributed by atoms with Crippen LogP contribution in [-0.4, -0.2) is 76.6 Å². The van der Waals surface area contributed by atoms with Gasteiger partial charge in [-0.15, -0.1) is 0 Å². The minimum absolute atomic E-state index is 0.0475. The van der Waals surface area contributed by atoms with Crippen LogP contribution in [0.1, 0.15) is 104 Å². The van der Waals surface area contributed by atoms with Crippen LogP contribution in [0.25, 0.3) is 10.9 Å². The fourth-order valence-electron chi connectivity index (χ4n) is 9.01. The molecule has 3 aliphatic rings. The second kappa shape index (κ2) is 20.5. The Hall–Kier alpha value is -5.69. The van der Waals surface area contributed by atoms with E-state index in [2.05, 4.69) is 41.3 Å². The summed E-state index contributed by atoms with van der Waals surface area (Å²) in [5.41, 5.74) is 3.43. The number of fused-ring (bicyclic) bond motifs is 4. The Kier molecular flexibility index (Phi) is 14.6. The number of pyridine rings is 1. The van der Waals surface area contributed by atoms with E-state index in [0.717, 1.165) is 68.4 Å². The lowest BCUT2D eigenvalue weighted by atomic mass is 9.85. The summed E-state index contributed by atoms with van der Waals surface area (Å²) in [7, 11) is 0. The normalized spacial score (nSPS) is 18.7. The monoisotopic (exact) mass is 844 g/mol. The van der Waals surface area contributed by atoms with Crippen LogP contribution >= 0.6 is 0 Å². The molecule has 5 N–H and O–H groups in total. The second-order valence-electron chi connectivity index (χ2n) is 17.5. The van der Waals surface area contributed by atoms with Gasteiger partial charge in [0.05, 0.1) is 29.8 Å². The average molecular weight is 845 g/mol. The van der Waals surface area contributed by atoms with Crippen molar-refractivity contribution in [1.29, 1.82) is 0 Å². The molecule has 328 valence electrons. The quantitative estimate of drug-likeness (QED) is 0.0513. The molecule has 12 heteroatoms. The van der Waals surface area contributed by atoms with E-state index in [1.807, 2.05) is 66.7 Å². The Labute approximate surface area is 363 Å². The molecule has 5 aromatic rings. The number of ether oxygens (including phenoxy) is 3. The minimum Gasteiger partial charge on any atom is -0.506 e. The number of phenolic OH excluding ortho intramolecular Hbond substituents is 1. The standard InChI is InChI=1S/C50H60N4O8/c1-4-9-33(29-50(2,3)51-30-43(56)40-18-20-42(55)47-41(40)19-21-45(57)52-47)24-27-60-48(58)37-16-14-34(15-17-37)32-61-39-13-8-12-38(28-39)46(36-10-6-5-7-11-36)53-49(59)62-44-31-54-25-22-35(44)23-26-54/h5-8,10-21,28,33,35,43-44,46,51,55-56H,4,9,22-27,29-32H2,1-3H3,(H,52,57)(H,53,59). The maximum absolute atomic E-state index is 13.3. The number of nitrogens with zero attached hydrogens (tertiary/aromatic N) is 1. The molecule has 4 aromatic carbocycles. The van der Waals surface area contributed by atoms with Crippen molar-refractivity contribution in [3.8, 4) is 11.5 Å². The molecule has 12 nitrogen and oxygen atoms in total. The van der Waals surface area contributed by atoms with Crippen LogP contribution in [0.2, 0.25) is 0 Å². The van der Waals surface area contributed by atoms with Crippen molar-refractivity contribution in [2.24, 2.45) is 11.8 Å². The Balaban J connectivity index is 0.881. The Bertz CT molecular complexity index is 2320. The number of esters is 1. The van der Waals surface area contributed by atoms with Crippen molar-refractivity contribution < 1.29 is 34.0 Å². The molecule has 1 amide bonds. The molecular formula is C50H60N4O8.